The van der Waals surface area contributed by atoms with E-state index in [4.69, 9.17) is 5.11 Å². The smallest absolute Gasteiger partial charge is 0.216 e. The van der Waals surface area contributed by atoms with E-state index >= 15 is 0 Å². The summed E-state index contributed by atoms with van der Waals surface area (Å²) in [5.41, 5.74) is 0. The number of nitrogens with zero attached hydrogens (tertiary/aromatic N) is 3. The van der Waals surface area contributed by atoms with Crippen molar-refractivity contribution in [1.82, 2.24) is 19.5 Å². The van der Waals surface area contributed by atoms with Crippen molar-refractivity contribution in [3.8, 4) is 0 Å². The van der Waals surface area contributed by atoms with Gasteiger partial charge in [0.1, 0.15) is 12.2 Å². The van der Waals surface area contributed by atoms with Gasteiger partial charge in [0.25, 0.3) is 0 Å². The van der Waals surface area contributed by atoms with Crippen molar-refractivity contribution in [2.24, 2.45) is 7.05 Å². The first kappa shape index (κ1) is 13.1. The Bertz CT molecular complexity index is 428. The molecule has 16 heavy (non-hydrogen) atoms. The first-order chi connectivity index (χ1) is 7.47. The number of aromatic nitrogens is 3. The summed E-state index contributed by atoms with van der Waals surface area (Å²) in [6, 6.07) is 0. The molecule has 0 amide bonds. The van der Waals surface area contributed by atoms with Gasteiger partial charge < -0.3 is 9.67 Å². The first-order valence-electron chi connectivity index (χ1n) is 4.89. The number of nitrogens with one attached hydrogen (secondary N) is 1. The molecule has 1 aromatic heterocycles. The molecule has 0 aliphatic carbocycles. The minimum atomic E-state index is -3.43. The van der Waals surface area contributed by atoms with E-state index in [-0.39, 0.29) is 13.2 Å². The van der Waals surface area contributed by atoms with Crippen molar-refractivity contribution in [2.75, 3.05) is 13.2 Å². The quantitative estimate of drug-likeness (QED) is 0.649. The molecular formula is C8H16N4O3S. The van der Waals surface area contributed by atoms with E-state index in [1.165, 1.54) is 6.92 Å². The Labute approximate surface area is 94.6 Å². The molecule has 1 unspecified atom stereocenters. The Balaban J connectivity index is 2.45. The summed E-state index contributed by atoms with van der Waals surface area (Å²) in [4.78, 5) is 0. The number of hydrogen-bond donors (Lipinski definition) is 2. The number of rotatable bonds is 6. The topological polar surface area (TPSA) is 97.1 Å². The van der Waals surface area contributed by atoms with Crippen molar-refractivity contribution in [3.63, 3.8) is 0 Å². The lowest BCUT2D eigenvalue weighted by atomic mass is 10.4. The monoisotopic (exact) mass is 248 g/mol. The summed E-state index contributed by atoms with van der Waals surface area (Å²) in [6.07, 6.45) is 2.02. The molecule has 0 aliphatic rings. The molecule has 0 saturated carbocycles. The van der Waals surface area contributed by atoms with Crippen LogP contribution < -0.4 is 4.72 Å². The summed E-state index contributed by atoms with van der Waals surface area (Å²) in [7, 11) is -1.64. The van der Waals surface area contributed by atoms with Crippen LogP contribution in [0.3, 0.4) is 0 Å². The van der Waals surface area contributed by atoms with Gasteiger partial charge in [-0.25, -0.2) is 13.1 Å². The highest BCUT2D eigenvalue weighted by atomic mass is 32.2. The summed E-state index contributed by atoms with van der Waals surface area (Å²) < 4.78 is 27.1. The van der Waals surface area contributed by atoms with Crippen LogP contribution in [0.15, 0.2) is 6.33 Å². The highest BCUT2D eigenvalue weighted by Crippen LogP contribution is 1.97. The normalized spacial score (nSPS) is 13.9. The van der Waals surface area contributed by atoms with Crippen molar-refractivity contribution >= 4 is 10.0 Å². The van der Waals surface area contributed by atoms with E-state index in [1.54, 1.807) is 17.9 Å². The third-order valence-corrected chi connectivity index (χ3v) is 4.06. The van der Waals surface area contributed by atoms with E-state index < -0.39 is 15.3 Å². The maximum absolute atomic E-state index is 11.5. The predicted octanol–water partition coefficient (Wildman–Crippen LogP) is -1.34. The second-order valence-electron chi connectivity index (χ2n) is 3.54. The van der Waals surface area contributed by atoms with E-state index in [0.29, 0.717) is 12.2 Å². The van der Waals surface area contributed by atoms with Gasteiger partial charge in [-0.05, 0) is 6.92 Å². The van der Waals surface area contributed by atoms with Crippen LogP contribution in [-0.4, -0.2) is 46.7 Å². The van der Waals surface area contributed by atoms with Gasteiger partial charge in [-0.2, -0.15) is 0 Å². The fraction of sp³-hybridized carbons (Fsp3) is 0.750. The first-order valence-corrected chi connectivity index (χ1v) is 6.44. The standard InChI is InChI=1S/C8H16N4O3S/c1-7(5-13)16(14,15)10-4-3-8-11-9-6-12(8)2/h6-7,10,13H,3-5H2,1-2H3. The van der Waals surface area contributed by atoms with Crippen molar-refractivity contribution in [2.45, 2.75) is 18.6 Å². The van der Waals surface area contributed by atoms with E-state index in [1.807, 2.05) is 0 Å². The van der Waals surface area contributed by atoms with E-state index in [9.17, 15) is 8.42 Å². The van der Waals surface area contributed by atoms with Crippen LogP contribution in [0.2, 0.25) is 0 Å². The molecule has 0 saturated heterocycles. The molecule has 0 radical (unpaired) electrons. The number of sulfonamides is 1. The second-order valence-corrected chi connectivity index (χ2v) is 5.72. The number of aliphatic hydroxyl groups is 1. The van der Waals surface area contributed by atoms with Crippen LogP contribution in [-0.2, 0) is 23.5 Å². The molecule has 1 heterocycles. The molecule has 1 atom stereocenters. The largest absolute Gasteiger partial charge is 0.395 e. The van der Waals surface area contributed by atoms with Crippen LogP contribution in [0.4, 0.5) is 0 Å². The van der Waals surface area contributed by atoms with Gasteiger partial charge in [-0.15, -0.1) is 10.2 Å². The maximum Gasteiger partial charge on any atom is 0.216 e. The molecule has 2 N–H and O–H groups in total. The van der Waals surface area contributed by atoms with Gasteiger partial charge in [0, 0.05) is 20.0 Å². The van der Waals surface area contributed by atoms with Crippen molar-refractivity contribution in [3.05, 3.63) is 12.2 Å². The summed E-state index contributed by atoms with van der Waals surface area (Å²) in [5.74, 6) is 0.708. The molecule has 1 rings (SSSR count). The Morgan fingerprint density at radius 2 is 2.31 bits per heavy atom. The lowest BCUT2D eigenvalue weighted by molar-refractivity contribution is 0.295. The van der Waals surface area contributed by atoms with Crippen molar-refractivity contribution in [1.29, 1.82) is 0 Å². The van der Waals surface area contributed by atoms with Gasteiger partial charge in [0.2, 0.25) is 10.0 Å². The third kappa shape index (κ3) is 3.26. The zero-order chi connectivity index (χ0) is 12.2. The number of aliphatic hydroxyl groups excluding tert-OH is 1. The molecule has 0 spiro atoms. The molecule has 0 fully saturated rings. The van der Waals surface area contributed by atoms with Gasteiger partial charge in [0.05, 0.1) is 11.9 Å². The van der Waals surface area contributed by atoms with E-state index in [0.717, 1.165) is 0 Å². The summed E-state index contributed by atoms with van der Waals surface area (Å²) in [5, 5.41) is 15.5. The Morgan fingerprint density at radius 1 is 1.62 bits per heavy atom. The second kappa shape index (κ2) is 5.37. The Hall–Kier alpha value is -0.990. The average molecular weight is 248 g/mol. The number of hydrogen-bond acceptors (Lipinski definition) is 5. The van der Waals surface area contributed by atoms with Crippen LogP contribution in [0.25, 0.3) is 0 Å². The zero-order valence-corrected chi connectivity index (χ0v) is 10.1. The van der Waals surface area contributed by atoms with Gasteiger partial charge in [-0.3, -0.25) is 0 Å². The summed E-state index contributed by atoms with van der Waals surface area (Å²) >= 11 is 0. The molecule has 8 heteroatoms. The Kier molecular flexibility index (Phi) is 4.39. The Morgan fingerprint density at radius 3 is 2.81 bits per heavy atom. The molecule has 0 bridgehead atoms. The molecule has 1 aromatic rings. The molecule has 0 aromatic carbocycles. The lowest BCUT2D eigenvalue weighted by Gasteiger charge is -2.10. The fourth-order valence-electron chi connectivity index (χ4n) is 1.08. The number of aryl methyl sites for hydroxylation is 1. The van der Waals surface area contributed by atoms with Crippen LogP contribution in [0.5, 0.6) is 0 Å². The van der Waals surface area contributed by atoms with Crippen molar-refractivity contribution < 1.29 is 13.5 Å². The van der Waals surface area contributed by atoms with Crippen LogP contribution in [0, 0.1) is 0 Å². The minimum Gasteiger partial charge on any atom is -0.395 e. The average Bonchev–Trinajstić information content (AvgIpc) is 2.63. The molecule has 7 nitrogen and oxygen atoms in total. The maximum atomic E-state index is 11.5. The fourth-order valence-corrected chi connectivity index (χ4v) is 1.95. The highest BCUT2D eigenvalue weighted by molar-refractivity contribution is 7.90. The van der Waals surface area contributed by atoms with Gasteiger partial charge in [0.15, 0.2) is 0 Å². The SMILES string of the molecule is CC(CO)S(=O)(=O)NCCc1nncn1C. The molecular weight excluding hydrogens is 232 g/mol. The highest BCUT2D eigenvalue weighted by Gasteiger charge is 2.18. The van der Waals surface area contributed by atoms with Crippen LogP contribution >= 0.6 is 0 Å². The summed E-state index contributed by atoms with van der Waals surface area (Å²) in [6.45, 7) is 1.31. The zero-order valence-electron chi connectivity index (χ0n) is 9.29. The van der Waals surface area contributed by atoms with Crippen LogP contribution in [0.1, 0.15) is 12.7 Å². The molecule has 92 valence electrons. The third-order valence-electron chi connectivity index (χ3n) is 2.24. The minimum absolute atomic E-state index is 0.249. The van der Waals surface area contributed by atoms with Gasteiger partial charge >= 0.3 is 0 Å². The predicted molar refractivity (Wildman–Crippen MR) is 58.2 cm³/mol. The van der Waals surface area contributed by atoms with E-state index in [2.05, 4.69) is 14.9 Å². The molecule has 0 aliphatic heterocycles. The van der Waals surface area contributed by atoms with Gasteiger partial charge in [-0.1, -0.05) is 0 Å². The lowest BCUT2D eigenvalue weighted by Crippen LogP contribution is -2.36.